The van der Waals surface area contributed by atoms with Gasteiger partial charge in [-0.1, -0.05) is 54.6 Å². The average Bonchev–Trinajstić information content (AvgIpc) is 2.75. The zero-order valence-electron chi connectivity index (χ0n) is 15.9. The SMILES string of the molecule is CCOC(=O)CCC(=O)c1nc(-c2ccc(-c3ccccc3)cc2)cc(Br)c1O. The molecule has 148 valence electrons. The number of ether oxygens (including phenoxy) is 1. The van der Waals surface area contributed by atoms with Crippen LogP contribution in [0.4, 0.5) is 0 Å². The van der Waals surface area contributed by atoms with E-state index in [1.165, 1.54) is 0 Å². The van der Waals surface area contributed by atoms with Crippen LogP contribution in [0, 0.1) is 0 Å². The number of carbonyl (C=O) groups excluding carboxylic acids is 2. The third-order valence-corrected chi connectivity index (χ3v) is 4.96. The Morgan fingerprint density at radius 3 is 2.24 bits per heavy atom. The first kappa shape index (κ1) is 20.7. The number of halogens is 1. The summed E-state index contributed by atoms with van der Waals surface area (Å²) in [7, 11) is 0. The molecular weight excluding hydrogens is 434 g/mol. The molecule has 0 unspecified atom stereocenters. The number of benzene rings is 2. The first-order chi connectivity index (χ1) is 14.0. The van der Waals surface area contributed by atoms with Crippen LogP contribution in [0.1, 0.15) is 30.3 Å². The zero-order chi connectivity index (χ0) is 20.8. The zero-order valence-corrected chi connectivity index (χ0v) is 17.5. The summed E-state index contributed by atoms with van der Waals surface area (Å²) in [5, 5.41) is 10.3. The Hall–Kier alpha value is -2.99. The van der Waals surface area contributed by atoms with E-state index in [1.54, 1.807) is 13.0 Å². The maximum absolute atomic E-state index is 12.5. The van der Waals surface area contributed by atoms with Crippen LogP contribution in [0.15, 0.2) is 65.1 Å². The molecule has 5 nitrogen and oxygen atoms in total. The Labute approximate surface area is 177 Å². The third kappa shape index (κ3) is 5.09. The second-order valence-corrected chi connectivity index (χ2v) is 7.21. The van der Waals surface area contributed by atoms with E-state index in [0.29, 0.717) is 10.2 Å². The van der Waals surface area contributed by atoms with Gasteiger partial charge >= 0.3 is 5.97 Å². The maximum Gasteiger partial charge on any atom is 0.306 e. The molecule has 6 heteroatoms. The van der Waals surface area contributed by atoms with Crippen LogP contribution >= 0.6 is 15.9 Å². The summed E-state index contributed by atoms with van der Waals surface area (Å²) in [6.45, 7) is 1.97. The molecule has 3 rings (SSSR count). The van der Waals surface area contributed by atoms with E-state index in [2.05, 4.69) is 20.9 Å². The minimum absolute atomic E-state index is 0.0542. The van der Waals surface area contributed by atoms with E-state index in [1.807, 2.05) is 54.6 Å². The van der Waals surface area contributed by atoms with Gasteiger partial charge in [0.25, 0.3) is 0 Å². The van der Waals surface area contributed by atoms with E-state index in [0.717, 1.165) is 16.7 Å². The Bertz CT molecular complexity index is 1020. The summed E-state index contributed by atoms with van der Waals surface area (Å²) in [6.07, 6.45) is -0.135. The van der Waals surface area contributed by atoms with Crippen molar-refractivity contribution >= 4 is 27.7 Å². The molecule has 0 fully saturated rings. The van der Waals surface area contributed by atoms with Gasteiger partial charge in [0.05, 0.1) is 23.2 Å². The molecule has 0 aliphatic carbocycles. The fourth-order valence-corrected chi connectivity index (χ4v) is 3.29. The molecule has 0 saturated carbocycles. The average molecular weight is 454 g/mol. The molecule has 2 aromatic carbocycles. The van der Waals surface area contributed by atoms with Gasteiger partial charge < -0.3 is 9.84 Å². The molecule has 29 heavy (non-hydrogen) atoms. The van der Waals surface area contributed by atoms with Gasteiger partial charge in [0, 0.05) is 12.0 Å². The Morgan fingerprint density at radius 2 is 1.59 bits per heavy atom. The maximum atomic E-state index is 12.5. The lowest BCUT2D eigenvalue weighted by atomic mass is 10.0. The molecule has 1 heterocycles. The predicted octanol–water partition coefficient (Wildman–Crippen LogP) is 5.41. The second kappa shape index (κ2) is 9.47. The van der Waals surface area contributed by atoms with Crippen molar-refractivity contribution in [3.8, 4) is 28.1 Å². The minimum atomic E-state index is -0.452. The number of pyridine rings is 1. The lowest BCUT2D eigenvalue weighted by molar-refractivity contribution is -0.143. The van der Waals surface area contributed by atoms with Crippen LogP contribution in [-0.4, -0.2) is 28.4 Å². The summed E-state index contributed by atoms with van der Waals surface area (Å²) in [5.41, 5.74) is 3.47. The number of Topliss-reactive ketones (excluding diaryl/α,β-unsaturated/α-hetero) is 1. The highest BCUT2D eigenvalue weighted by atomic mass is 79.9. The van der Waals surface area contributed by atoms with E-state index in [9.17, 15) is 14.7 Å². The second-order valence-electron chi connectivity index (χ2n) is 6.36. The van der Waals surface area contributed by atoms with Crippen molar-refractivity contribution in [1.82, 2.24) is 4.98 Å². The standard InChI is InChI=1S/C23H20BrNO4/c1-2-29-21(27)13-12-20(26)22-23(28)18(24)14-19(25-22)17-10-8-16(9-11-17)15-6-4-3-5-7-15/h3-11,14,28H,2,12-13H2,1H3. The summed E-state index contributed by atoms with van der Waals surface area (Å²) in [5.74, 6) is -1.10. The molecule has 0 spiro atoms. The highest BCUT2D eigenvalue weighted by Crippen LogP contribution is 2.33. The van der Waals surface area contributed by atoms with Crippen LogP contribution in [0.3, 0.4) is 0 Å². The first-order valence-electron chi connectivity index (χ1n) is 9.23. The molecule has 1 N–H and O–H groups in total. The van der Waals surface area contributed by atoms with E-state index >= 15 is 0 Å². The number of ketones is 1. The van der Waals surface area contributed by atoms with Crippen molar-refractivity contribution in [3.05, 3.63) is 70.8 Å². The van der Waals surface area contributed by atoms with E-state index in [4.69, 9.17) is 4.74 Å². The van der Waals surface area contributed by atoms with Gasteiger partial charge in [-0.2, -0.15) is 0 Å². The number of rotatable bonds is 7. The fraction of sp³-hybridized carbons (Fsp3) is 0.174. The molecule has 1 aromatic heterocycles. The van der Waals surface area contributed by atoms with Crippen molar-refractivity contribution in [2.75, 3.05) is 6.61 Å². The molecule has 0 atom stereocenters. The van der Waals surface area contributed by atoms with Crippen LogP contribution in [0.2, 0.25) is 0 Å². The van der Waals surface area contributed by atoms with Crippen molar-refractivity contribution in [2.24, 2.45) is 0 Å². The summed E-state index contributed by atoms with van der Waals surface area (Å²) in [6, 6.07) is 19.5. The highest BCUT2D eigenvalue weighted by molar-refractivity contribution is 9.10. The lowest BCUT2D eigenvalue weighted by Crippen LogP contribution is -2.09. The lowest BCUT2D eigenvalue weighted by Gasteiger charge is -2.10. The van der Waals surface area contributed by atoms with Crippen molar-refractivity contribution < 1.29 is 19.4 Å². The Kier molecular flexibility index (Phi) is 6.77. The third-order valence-electron chi connectivity index (χ3n) is 4.36. The molecule has 0 aliphatic rings. The fourth-order valence-electron chi connectivity index (χ4n) is 2.88. The van der Waals surface area contributed by atoms with Crippen molar-refractivity contribution in [3.63, 3.8) is 0 Å². The van der Waals surface area contributed by atoms with E-state index in [-0.39, 0.29) is 30.9 Å². The van der Waals surface area contributed by atoms with Gasteiger partial charge in [-0.05, 0) is 40.0 Å². The molecule has 0 bridgehead atoms. The van der Waals surface area contributed by atoms with Crippen LogP contribution in [0.25, 0.3) is 22.4 Å². The van der Waals surface area contributed by atoms with Gasteiger partial charge in [0.1, 0.15) is 5.69 Å². The van der Waals surface area contributed by atoms with Gasteiger partial charge in [-0.15, -0.1) is 0 Å². The van der Waals surface area contributed by atoms with Gasteiger partial charge in [-0.3, -0.25) is 9.59 Å². The number of hydrogen-bond acceptors (Lipinski definition) is 5. The molecule has 0 amide bonds. The molecule has 3 aromatic rings. The molecular formula is C23H20BrNO4. The van der Waals surface area contributed by atoms with Gasteiger partial charge in [0.2, 0.25) is 0 Å². The van der Waals surface area contributed by atoms with Crippen LogP contribution in [0.5, 0.6) is 5.75 Å². The first-order valence-corrected chi connectivity index (χ1v) is 10.0. The number of aromatic nitrogens is 1. The van der Waals surface area contributed by atoms with Gasteiger partial charge in [-0.25, -0.2) is 4.98 Å². The molecule has 0 radical (unpaired) electrons. The largest absolute Gasteiger partial charge is 0.504 e. The van der Waals surface area contributed by atoms with E-state index < -0.39 is 11.8 Å². The molecule has 0 aliphatic heterocycles. The Morgan fingerprint density at radius 1 is 0.966 bits per heavy atom. The summed E-state index contributed by atoms with van der Waals surface area (Å²) >= 11 is 3.28. The topological polar surface area (TPSA) is 76.5 Å². The normalized spacial score (nSPS) is 10.6. The number of esters is 1. The number of nitrogens with zero attached hydrogens (tertiary/aromatic N) is 1. The van der Waals surface area contributed by atoms with Crippen LogP contribution in [-0.2, 0) is 9.53 Å². The number of carbonyl (C=O) groups is 2. The highest BCUT2D eigenvalue weighted by Gasteiger charge is 2.19. The van der Waals surface area contributed by atoms with Crippen molar-refractivity contribution in [1.29, 1.82) is 0 Å². The summed E-state index contributed by atoms with van der Waals surface area (Å²) in [4.78, 5) is 28.3. The monoisotopic (exact) mass is 453 g/mol. The van der Waals surface area contributed by atoms with Crippen LogP contribution < -0.4 is 0 Å². The van der Waals surface area contributed by atoms with Crippen molar-refractivity contribution in [2.45, 2.75) is 19.8 Å². The molecule has 0 saturated heterocycles. The summed E-state index contributed by atoms with van der Waals surface area (Å²) < 4.78 is 5.21. The minimum Gasteiger partial charge on any atom is -0.504 e. The quantitative estimate of drug-likeness (QED) is 0.382. The predicted molar refractivity (Wildman–Crippen MR) is 115 cm³/mol. The number of aromatic hydroxyl groups is 1. The number of hydrogen-bond donors (Lipinski definition) is 1. The smallest absolute Gasteiger partial charge is 0.306 e. The Balaban J connectivity index is 1.85. The van der Waals surface area contributed by atoms with Gasteiger partial charge in [0.15, 0.2) is 11.5 Å².